The first kappa shape index (κ1) is 65.3. The van der Waals surface area contributed by atoms with Gasteiger partial charge in [0, 0.05) is 112 Å². The van der Waals surface area contributed by atoms with Gasteiger partial charge >= 0.3 is 0 Å². The van der Waals surface area contributed by atoms with Gasteiger partial charge in [-0.25, -0.2) is 0 Å². The lowest BCUT2D eigenvalue weighted by atomic mass is 10.0. The van der Waals surface area contributed by atoms with Crippen LogP contribution < -0.4 is 30.9 Å². The summed E-state index contributed by atoms with van der Waals surface area (Å²) < 4.78 is 44.6. The predicted octanol–water partition coefficient (Wildman–Crippen LogP) is 4.78. The number of ketones is 1. The molecule has 6 rings (SSSR count). The second-order valence-corrected chi connectivity index (χ2v) is 19.2. The molecular weight excluding hydrogens is 1080 g/mol. The first-order valence-corrected chi connectivity index (χ1v) is 28.6. The number of carbonyl (C=O) groups excluding carboxylic acids is 7. The maximum Gasteiger partial charge on any atom is 0.253 e. The van der Waals surface area contributed by atoms with E-state index < -0.39 is 11.8 Å². The van der Waals surface area contributed by atoms with E-state index in [0.29, 0.717) is 155 Å². The summed E-state index contributed by atoms with van der Waals surface area (Å²) in [6.45, 7) is 8.31. The van der Waals surface area contributed by atoms with Crippen molar-refractivity contribution in [3.8, 4) is 17.6 Å². The summed E-state index contributed by atoms with van der Waals surface area (Å²) in [5.74, 6) is 5.42. The van der Waals surface area contributed by atoms with Crippen molar-refractivity contribution in [2.45, 2.75) is 51.5 Å². The highest BCUT2D eigenvalue weighted by molar-refractivity contribution is 6.13. The summed E-state index contributed by atoms with van der Waals surface area (Å²) in [5.41, 5.74) is 5.41. The number of carbonyl (C=O) groups is 7. The normalized spacial score (nSPS) is 12.4. The highest BCUT2D eigenvalue weighted by Crippen LogP contribution is 2.26. The Labute approximate surface area is 491 Å². The number of amides is 6. The quantitative estimate of drug-likeness (QED) is 0.0202. The minimum Gasteiger partial charge on any atom is -0.494 e. The molecule has 0 aromatic heterocycles. The molecule has 2 aliphatic rings. The van der Waals surface area contributed by atoms with E-state index in [1.807, 2.05) is 60.7 Å². The molecule has 2 heterocycles. The van der Waals surface area contributed by atoms with Gasteiger partial charge in [0.15, 0.2) is 5.78 Å². The Morgan fingerprint density at radius 2 is 0.940 bits per heavy atom. The fourth-order valence-electron chi connectivity index (χ4n) is 8.33. The van der Waals surface area contributed by atoms with Crippen molar-refractivity contribution in [1.29, 1.82) is 0 Å². The Bertz CT molecular complexity index is 2780. The maximum atomic E-state index is 13.4. The zero-order chi connectivity index (χ0) is 59.2. The average Bonchev–Trinajstić information content (AvgIpc) is 3.27. The summed E-state index contributed by atoms with van der Waals surface area (Å²) in [6, 6.07) is 29.7. The average molecular weight is 1160 g/mol. The maximum absolute atomic E-state index is 13.4. The van der Waals surface area contributed by atoms with Crippen molar-refractivity contribution in [1.82, 2.24) is 20.9 Å². The summed E-state index contributed by atoms with van der Waals surface area (Å²) in [6.07, 6.45) is 4.84. The number of rotatable bonds is 43. The van der Waals surface area contributed by atoms with Crippen LogP contribution in [0, 0.1) is 11.8 Å². The number of hydrogen-bond donors (Lipinski definition) is 4. The van der Waals surface area contributed by atoms with Crippen LogP contribution in [0.3, 0.4) is 0 Å². The van der Waals surface area contributed by atoms with Crippen molar-refractivity contribution in [2.75, 3.05) is 142 Å². The number of para-hydroxylation sites is 1. The Morgan fingerprint density at radius 3 is 1.58 bits per heavy atom. The third-order valence-corrected chi connectivity index (χ3v) is 12.9. The van der Waals surface area contributed by atoms with Crippen LogP contribution in [0.25, 0.3) is 0 Å². The number of nitrogens with zero attached hydrogens (tertiary/aromatic N) is 2. The topological polar surface area (TPSA) is 248 Å². The summed E-state index contributed by atoms with van der Waals surface area (Å²) >= 11 is 0. The number of anilines is 2. The Morgan fingerprint density at radius 1 is 0.452 bits per heavy atom. The fourth-order valence-corrected chi connectivity index (χ4v) is 8.33. The molecule has 0 radical (unpaired) electrons. The molecule has 4 aromatic rings. The first-order chi connectivity index (χ1) is 41.1. The van der Waals surface area contributed by atoms with Crippen molar-refractivity contribution < 1.29 is 71.5 Å². The third kappa shape index (κ3) is 25.0. The third-order valence-electron chi connectivity index (χ3n) is 12.9. The van der Waals surface area contributed by atoms with Crippen LogP contribution in [0.2, 0.25) is 0 Å². The van der Waals surface area contributed by atoms with E-state index in [0.717, 1.165) is 39.4 Å². The molecule has 84 heavy (non-hydrogen) atoms. The van der Waals surface area contributed by atoms with E-state index in [9.17, 15) is 33.6 Å². The molecule has 0 aliphatic carbocycles. The zero-order valence-electron chi connectivity index (χ0n) is 47.7. The predicted molar refractivity (Wildman–Crippen MR) is 313 cm³/mol. The van der Waals surface area contributed by atoms with Crippen molar-refractivity contribution >= 4 is 52.6 Å². The molecule has 0 bridgehead atoms. The molecule has 0 fully saturated rings. The molecule has 0 saturated heterocycles. The van der Waals surface area contributed by atoms with E-state index in [-0.39, 0.29) is 68.2 Å². The second-order valence-electron chi connectivity index (χ2n) is 19.2. The molecule has 6 amide bonds. The van der Waals surface area contributed by atoms with Gasteiger partial charge in [0.1, 0.15) is 5.75 Å². The number of hydrogen-bond acceptors (Lipinski definition) is 16. The van der Waals surface area contributed by atoms with Gasteiger partial charge < -0.3 is 64.1 Å². The van der Waals surface area contributed by atoms with Gasteiger partial charge in [-0.1, -0.05) is 42.2 Å². The lowest BCUT2D eigenvalue weighted by Gasteiger charge is -2.26. The van der Waals surface area contributed by atoms with Gasteiger partial charge in [0.25, 0.3) is 11.8 Å². The smallest absolute Gasteiger partial charge is 0.253 e. The Hall–Kier alpha value is -7.81. The molecule has 21 nitrogen and oxygen atoms in total. The van der Waals surface area contributed by atoms with Gasteiger partial charge in [-0.2, -0.15) is 0 Å². The van der Waals surface area contributed by atoms with Gasteiger partial charge in [-0.15, -0.1) is 0 Å². The molecule has 2 aliphatic heterocycles. The van der Waals surface area contributed by atoms with Crippen molar-refractivity contribution in [2.24, 2.45) is 0 Å². The van der Waals surface area contributed by atoms with E-state index in [1.165, 1.54) is 12.2 Å². The van der Waals surface area contributed by atoms with Crippen molar-refractivity contribution in [3.05, 3.63) is 137 Å². The highest BCUT2D eigenvalue weighted by Gasteiger charge is 2.24. The van der Waals surface area contributed by atoms with Gasteiger partial charge in [0.05, 0.1) is 98.1 Å². The van der Waals surface area contributed by atoms with Gasteiger partial charge in [-0.05, 0) is 91.6 Å². The minimum atomic E-state index is -0.413. The molecular formula is C63H78N6O15. The standard InChI is InChI=1S/C63H78N6O15/c70-57(22-23-62(75)69-48-53-10-2-1-8-49(53)12-13-50-9-3-4-11-56(50)69)65-29-6-34-78-39-43-81-42-38-77-33-5-28-64-54-18-14-51(15-19-54)63(76)52-16-20-55(21-17-52)84-35-7-30-66-59(72)27-36-79-40-44-82-46-47-83-45-41-80-37-31-67-58(71)26-32-68-60(73)24-25-61(68)74/h1-4,8-11,14-21,24-25,64H,5-7,22-23,26-48H2,(H,65,70)(H,66,72)(H,67,71). The fraction of sp³-hybridized carbons (Fsp3) is 0.444. The van der Waals surface area contributed by atoms with Crippen LogP contribution in [-0.2, 0) is 68.5 Å². The van der Waals surface area contributed by atoms with Crippen LogP contribution in [-0.4, -0.2) is 178 Å². The number of imide groups is 1. The molecule has 0 saturated carbocycles. The van der Waals surface area contributed by atoms with Crippen LogP contribution >= 0.6 is 0 Å². The summed E-state index contributed by atoms with van der Waals surface area (Å²) in [4.78, 5) is 88.9. The van der Waals surface area contributed by atoms with Gasteiger partial charge in [-0.3, -0.25) is 38.5 Å². The van der Waals surface area contributed by atoms with Crippen LogP contribution in [0.1, 0.15) is 77.6 Å². The lowest BCUT2D eigenvalue weighted by molar-refractivity contribution is -0.137. The van der Waals surface area contributed by atoms with Crippen LogP contribution in [0.4, 0.5) is 11.4 Å². The first-order valence-electron chi connectivity index (χ1n) is 28.6. The molecule has 4 N–H and O–H groups in total. The Balaban J connectivity index is 0.663. The van der Waals surface area contributed by atoms with E-state index in [4.69, 9.17) is 37.9 Å². The zero-order valence-corrected chi connectivity index (χ0v) is 47.7. The molecule has 0 spiro atoms. The number of nitrogens with one attached hydrogen (secondary N) is 4. The molecule has 4 aromatic carbocycles. The van der Waals surface area contributed by atoms with Gasteiger partial charge in [0.2, 0.25) is 23.6 Å². The number of ether oxygens (including phenoxy) is 8. The number of benzene rings is 4. The SMILES string of the molecule is O=C(CCOCCOCCOCCOCCNC(=O)CCN1C(=O)C=CC1=O)NCCCOc1ccc(C(=O)c2ccc(NCCCOCCOCCOCCCNC(=O)CCC(=O)N3Cc4ccccc4C#Cc4ccccc43)cc2)cc1. The Kier molecular flexibility index (Phi) is 30.2. The van der Waals surface area contributed by atoms with E-state index >= 15 is 0 Å². The molecule has 0 unspecified atom stereocenters. The van der Waals surface area contributed by atoms with Crippen LogP contribution in [0.5, 0.6) is 5.75 Å². The molecule has 0 atom stereocenters. The van der Waals surface area contributed by atoms with Crippen LogP contribution in [0.15, 0.2) is 109 Å². The van der Waals surface area contributed by atoms with Crippen molar-refractivity contribution in [3.63, 3.8) is 0 Å². The lowest BCUT2D eigenvalue weighted by Crippen LogP contribution is -2.35. The number of fused-ring (bicyclic) bond motifs is 2. The van der Waals surface area contributed by atoms with E-state index in [2.05, 4.69) is 33.1 Å². The molecule has 21 heteroatoms. The molecule has 450 valence electrons. The summed E-state index contributed by atoms with van der Waals surface area (Å²) in [5, 5.41) is 11.8. The minimum absolute atomic E-state index is 0.0295. The second kappa shape index (κ2) is 38.9. The van der Waals surface area contributed by atoms with E-state index in [1.54, 1.807) is 41.3 Å². The monoisotopic (exact) mass is 1160 g/mol. The largest absolute Gasteiger partial charge is 0.494 e. The highest BCUT2D eigenvalue weighted by atomic mass is 16.6. The summed E-state index contributed by atoms with van der Waals surface area (Å²) in [7, 11) is 0.